The van der Waals surface area contributed by atoms with E-state index in [0.717, 1.165) is 6.42 Å². The number of hydrogen-bond acceptors (Lipinski definition) is 3. The molecule has 0 saturated heterocycles. The highest BCUT2D eigenvalue weighted by molar-refractivity contribution is 5.86. The van der Waals surface area contributed by atoms with E-state index in [1.54, 1.807) is 6.92 Å². The normalized spacial score (nSPS) is 15.0. The molecule has 0 amide bonds. The topological polar surface area (TPSA) is 52.3 Å². The molecular formula is C9H17NO2. The van der Waals surface area contributed by atoms with Crippen molar-refractivity contribution in [2.75, 3.05) is 6.61 Å². The summed E-state index contributed by atoms with van der Waals surface area (Å²) in [5.41, 5.74) is 5.74. The Morgan fingerprint density at radius 3 is 2.50 bits per heavy atom. The molecule has 0 aromatic rings. The zero-order chi connectivity index (χ0) is 9.78. The number of carbonyl (C=O) groups is 1. The summed E-state index contributed by atoms with van der Waals surface area (Å²) in [5, 5.41) is 0. The van der Waals surface area contributed by atoms with Crippen molar-refractivity contribution in [2.24, 2.45) is 5.73 Å². The van der Waals surface area contributed by atoms with Gasteiger partial charge in [-0.1, -0.05) is 13.5 Å². The summed E-state index contributed by atoms with van der Waals surface area (Å²) in [7, 11) is 0. The molecule has 0 aliphatic carbocycles. The van der Waals surface area contributed by atoms with Gasteiger partial charge in [0.05, 0.1) is 0 Å². The maximum atomic E-state index is 10.9. The van der Waals surface area contributed by atoms with Gasteiger partial charge in [-0.25, -0.2) is 4.79 Å². The average Bonchev–Trinajstić information content (AvgIpc) is 2.00. The Hall–Kier alpha value is -0.830. The first-order chi connectivity index (χ1) is 5.39. The zero-order valence-corrected chi connectivity index (χ0v) is 8.02. The van der Waals surface area contributed by atoms with Gasteiger partial charge in [0.2, 0.25) is 0 Å². The number of ether oxygens (including phenoxy) is 1. The van der Waals surface area contributed by atoms with Gasteiger partial charge in [0.15, 0.2) is 0 Å². The number of rotatable bonds is 4. The molecule has 0 saturated carbocycles. The lowest BCUT2D eigenvalue weighted by atomic mass is 10.0. The van der Waals surface area contributed by atoms with Gasteiger partial charge in [-0.3, -0.25) is 0 Å². The Kier molecular flexibility index (Phi) is 3.96. The van der Waals surface area contributed by atoms with E-state index in [9.17, 15) is 4.79 Å². The quantitative estimate of drug-likeness (QED) is 0.511. The molecule has 3 nitrogen and oxygen atoms in total. The number of nitrogens with two attached hydrogens (primary N) is 1. The molecule has 0 radical (unpaired) electrons. The van der Waals surface area contributed by atoms with Crippen LogP contribution in [0.25, 0.3) is 0 Å². The lowest BCUT2D eigenvalue weighted by Crippen LogP contribution is -2.41. The largest absolute Gasteiger partial charge is 0.460 e. The molecule has 70 valence electrons. The molecule has 0 spiro atoms. The minimum absolute atomic E-state index is 0.245. The Morgan fingerprint density at radius 1 is 1.67 bits per heavy atom. The summed E-state index contributed by atoms with van der Waals surface area (Å²) >= 11 is 0. The minimum Gasteiger partial charge on any atom is -0.460 e. The van der Waals surface area contributed by atoms with Crippen LogP contribution in [0.1, 0.15) is 27.2 Å². The molecule has 0 aromatic carbocycles. The molecule has 1 atom stereocenters. The molecule has 0 aliphatic rings. The number of esters is 1. The number of carbonyl (C=O) groups excluding carboxylic acids is 1. The number of hydrogen-bond donors (Lipinski definition) is 1. The van der Waals surface area contributed by atoms with E-state index < -0.39 is 5.54 Å². The highest BCUT2D eigenvalue weighted by Gasteiger charge is 2.18. The van der Waals surface area contributed by atoms with E-state index in [4.69, 9.17) is 10.5 Å². The van der Waals surface area contributed by atoms with Crippen molar-refractivity contribution in [3.8, 4) is 0 Å². The Morgan fingerprint density at radius 2 is 2.17 bits per heavy atom. The van der Waals surface area contributed by atoms with E-state index in [2.05, 4.69) is 6.58 Å². The SMILES string of the molecule is C=C(C)C(=O)OCC(C)(N)CC. The van der Waals surface area contributed by atoms with Crippen LogP contribution < -0.4 is 5.73 Å². The van der Waals surface area contributed by atoms with E-state index >= 15 is 0 Å². The van der Waals surface area contributed by atoms with Crippen LogP contribution in [0.3, 0.4) is 0 Å². The minimum atomic E-state index is -0.425. The molecule has 0 bridgehead atoms. The van der Waals surface area contributed by atoms with Crippen LogP contribution in [0.5, 0.6) is 0 Å². The average molecular weight is 171 g/mol. The van der Waals surface area contributed by atoms with Crippen LogP contribution in [-0.4, -0.2) is 18.1 Å². The van der Waals surface area contributed by atoms with Gasteiger partial charge in [-0.2, -0.15) is 0 Å². The third kappa shape index (κ3) is 4.13. The molecular weight excluding hydrogens is 154 g/mol. The van der Waals surface area contributed by atoms with Crippen LogP contribution in [0.2, 0.25) is 0 Å². The van der Waals surface area contributed by atoms with Crippen molar-refractivity contribution < 1.29 is 9.53 Å². The second kappa shape index (κ2) is 4.26. The second-order valence-corrected chi connectivity index (χ2v) is 3.36. The molecule has 0 fully saturated rings. The Balaban J connectivity index is 3.83. The zero-order valence-electron chi connectivity index (χ0n) is 8.02. The summed E-state index contributed by atoms with van der Waals surface area (Å²) < 4.78 is 4.90. The van der Waals surface area contributed by atoms with Crippen LogP contribution in [0.4, 0.5) is 0 Å². The summed E-state index contributed by atoms with van der Waals surface area (Å²) in [6, 6.07) is 0. The van der Waals surface area contributed by atoms with Crippen LogP contribution in [-0.2, 0) is 9.53 Å². The Labute approximate surface area is 73.6 Å². The summed E-state index contributed by atoms with van der Waals surface area (Å²) in [6.45, 7) is 9.12. The van der Waals surface area contributed by atoms with Gasteiger partial charge in [0, 0.05) is 11.1 Å². The molecule has 12 heavy (non-hydrogen) atoms. The van der Waals surface area contributed by atoms with E-state index in [0.29, 0.717) is 5.57 Å². The van der Waals surface area contributed by atoms with Gasteiger partial charge in [-0.15, -0.1) is 0 Å². The maximum absolute atomic E-state index is 10.9. The van der Waals surface area contributed by atoms with Gasteiger partial charge in [0.25, 0.3) is 0 Å². The molecule has 2 N–H and O–H groups in total. The monoisotopic (exact) mass is 171 g/mol. The van der Waals surface area contributed by atoms with Gasteiger partial charge in [-0.05, 0) is 20.3 Å². The third-order valence-corrected chi connectivity index (χ3v) is 1.69. The third-order valence-electron chi connectivity index (χ3n) is 1.69. The van der Waals surface area contributed by atoms with Crippen molar-refractivity contribution in [2.45, 2.75) is 32.7 Å². The predicted octanol–water partition coefficient (Wildman–Crippen LogP) is 1.23. The lowest BCUT2D eigenvalue weighted by molar-refractivity contribution is -0.140. The lowest BCUT2D eigenvalue weighted by Gasteiger charge is -2.21. The van der Waals surface area contributed by atoms with Crippen molar-refractivity contribution >= 4 is 5.97 Å². The molecule has 3 heteroatoms. The van der Waals surface area contributed by atoms with Crippen LogP contribution in [0, 0.1) is 0 Å². The van der Waals surface area contributed by atoms with Crippen molar-refractivity contribution in [3.63, 3.8) is 0 Å². The highest BCUT2D eigenvalue weighted by Crippen LogP contribution is 2.06. The van der Waals surface area contributed by atoms with Crippen molar-refractivity contribution in [3.05, 3.63) is 12.2 Å². The van der Waals surface area contributed by atoms with Gasteiger partial charge in [0.1, 0.15) is 6.61 Å². The van der Waals surface area contributed by atoms with E-state index in [1.807, 2.05) is 13.8 Å². The standard InChI is InChI=1S/C9H17NO2/c1-5-9(4,10)6-12-8(11)7(2)3/h2,5-6,10H2,1,3-4H3. The molecule has 0 aliphatic heterocycles. The van der Waals surface area contributed by atoms with Crippen molar-refractivity contribution in [1.82, 2.24) is 0 Å². The summed E-state index contributed by atoms with van der Waals surface area (Å²) in [6.07, 6.45) is 0.774. The van der Waals surface area contributed by atoms with E-state index in [-0.39, 0.29) is 12.6 Å². The fourth-order valence-corrected chi connectivity index (χ4v) is 0.456. The molecule has 0 rings (SSSR count). The predicted molar refractivity (Wildman–Crippen MR) is 48.7 cm³/mol. The second-order valence-electron chi connectivity index (χ2n) is 3.36. The summed E-state index contributed by atoms with van der Waals surface area (Å²) in [4.78, 5) is 10.9. The summed E-state index contributed by atoms with van der Waals surface area (Å²) in [5.74, 6) is -0.375. The Bertz CT molecular complexity index is 185. The maximum Gasteiger partial charge on any atom is 0.333 e. The van der Waals surface area contributed by atoms with Gasteiger partial charge < -0.3 is 10.5 Å². The first kappa shape index (κ1) is 11.2. The smallest absolute Gasteiger partial charge is 0.333 e. The van der Waals surface area contributed by atoms with Crippen LogP contribution >= 0.6 is 0 Å². The van der Waals surface area contributed by atoms with Crippen molar-refractivity contribution in [1.29, 1.82) is 0 Å². The molecule has 0 heterocycles. The first-order valence-electron chi connectivity index (χ1n) is 4.00. The molecule has 0 aromatic heterocycles. The first-order valence-corrected chi connectivity index (χ1v) is 4.00. The fourth-order valence-electron chi connectivity index (χ4n) is 0.456. The van der Waals surface area contributed by atoms with Crippen LogP contribution in [0.15, 0.2) is 12.2 Å². The van der Waals surface area contributed by atoms with Gasteiger partial charge >= 0.3 is 5.97 Å². The van der Waals surface area contributed by atoms with E-state index in [1.165, 1.54) is 0 Å². The highest BCUT2D eigenvalue weighted by atomic mass is 16.5. The fraction of sp³-hybridized carbons (Fsp3) is 0.667. The molecule has 1 unspecified atom stereocenters.